The third-order valence-electron chi connectivity index (χ3n) is 4.16. The lowest BCUT2D eigenvalue weighted by atomic mass is 10.2. The lowest BCUT2D eigenvalue weighted by molar-refractivity contribution is -0.493. The molecular weight excluding hydrogens is 260 g/mol. The van der Waals surface area contributed by atoms with E-state index in [9.17, 15) is 0 Å². The highest BCUT2D eigenvalue weighted by molar-refractivity contribution is 5.71. The van der Waals surface area contributed by atoms with Crippen LogP contribution in [0.1, 0.15) is 17.1 Å². The van der Waals surface area contributed by atoms with Crippen LogP contribution in [0.5, 0.6) is 0 Å². The third-order valence-corrected chi connectivity index (χ3v) is 4.16. The number of nitrogens with zero attached hydrogens (tertiary/aromatic N) is 2. The summed E-state index contributed by atoms with van der Waals surface area (Å²) in [6.07, 6.45) is 0. The van der Waals surface area contributed by atoms with Crippen molar-refractivity contribution in [2.75, 3.05) is 0 Å². The van der Waals surface area contributed by atoms with Crippen LogP contribution in [0.3, 0.4) is 0 Å². The molecule has 0 aliphatic carbocycles. The van der Waals surface area contributed by atoms with Crippen LogP contribution in [0, 0.1) is 20.8 Å². The van der Waals surface area contributed by atoms with Gasteiger partial charge in [0, 0.05) is 13.8 Å². The number of imidazole rings is 1. The first-order valence-electron chi connectivity index (χ1n) is 7.15. The first-order valence-corrected chi connectivity index (χ1v) is 7.15. The number of aromatic nitrogens is 2. The van der Waals surface area contributed by atoms with E-state index < -0.39 is 0 Å². The van der Waals surface area contributed by atoms with Gasteiger partial charge in [-0.05, 0) is 30.7 Å². The van der Waals surface area contributed by atoms with E-state index in [1.807, 2.05) is 18.2 Å². The lowest BCUT2D eigenvalue weighted by Gasteiger charge is -2.03. The minimum absolute atomic E-state index is 0.914. The van der Waals surface area contributed by atoms with Crippen LogP contribution in [0.4, 0.5) is 0 Å². The van der Waals surface area contributed by atoms with Crippen LogP contribution in [0.15, 0.2) is 52.9 Å². The number of para-hydroxylation sites is 3. The van der Waals surface area contributed by atoms with E-state index in [1.165, 1.54) is 11.3 Å². The molecule has 0 aliphatic rings. The average Bonchev–Trinajstić information content (AvgIpc) is 2.98. The molecule has 0 saturated heterocycles. The molecule has 2 aromatic carbocycles. The number of fused-ring (bicyclic) bond motifs is 3. The van der Waals surface area contributed by atoms with Crippen LogP contribution in [-0.4, -0.2) is 4.57 Å². The number of oxazole rings is 1. The first-order chi connectivity index (χ1) is 10.2. The Morgan fingerprint density at radius 1 is 0.905 bits per heavy atom. The van der Waals surface area contributed by atoms with Crippen molar-refractivity contribution in [2.45, 2.75) is 20.8 Å². The highest BCUT2D eigenvalue weighted by atomic mass is 16.3. The second-order valence-corrected chi connectivity index (χ2v) is 5.46. The van der Waals surface area contributed by atoms with Crippen molar-refractivity contribution in [1.82, 2.24) is 4.57 Å². The Balaban J connectivity index is 2.15. The maximum absolute atomic E-state index is 6.05. The third kappa shape index (κ3) is 1.57. The second-order valence-electron chi connectivity index (χ2n) is 5.46. The minimum Gasteiger partial charge on any atom is -0.415 e. The summed E-state index contributed by atoms with van der Waals surface area (Å²) in [4.78, 5) is 0. The highest BCUT2D eigenvalue weighted by Crippen LogP contribution is 2.24. The summed E-state index contributed by atoms with van der Waals surface area (Å²) in [7, 11) is 0. The van der Waals surface area contributed by atoms with Crippen molar-refractivity contribution >= 4 is 16.8 Å². The van der Waals surface area contributed by atoms with Gasteiger partial charge in [0.05, 0.1) is 0 Å². The van der Waals surface area contributed by atoms with Gasteiger partial charge in [-0.25, -0.2) is 0 Å². The molecule has 2 heterocycles. The topological polar surface area (TPSA) is 22.2 Å². The Labute approximate surface area is 123 Å². The van der Waals surface area contributed by atoms with Crippen molar-refractivity contribution in [1.29, 1.82) is 0 Å². The summed E-state index contributed by atoms with van der Waals surface area (Å²) in [6, 6.07) is 16.6. The molecule has 0 atom stereocenters. The molecule has 0 unspecified atom stereocenters. The fourth-order valence-corrected chi connectivity index (χ4v) is 3.15. The molecule has 104 valence electrons. The molecule has 0 bridgehead atoms. The summed E-state index contributed by atoms with van der Waals surface area (Å²) in [5.74, 6) is 1.15. The molecule has 21 heavy (non-hydrogen) atoms. The van der Waals surface area contributed by atoms with Gasteiger partial charge in [-0.3, -0.25) is 0 Å². The number of hydrogen-bond donors (Lipinski definition) is 0. The van der Waals surface area contributed by atoms with Crippen molar-refractivity contribution in [3.8, 4) is 5.69 Å². The van der Waals surface area contributed by atoms with Crippen LogP contribution in [-0.2, 0) is 0 Å². The van der Waals surface area contributed by atoms with Gasteiger partial charge in [-0.1, -0.05) is 30.3 Å². The molecule has 0 saturated carbocycles. The average molecular weight is 277 g/mol. The van der Waals surface area contributed by atoms with Crippen molar-refractivity contribution < 1.29 is 8.82 Å². The van der Waals surface area contributed by atoms with E-state index >= 15 is 0 Å². The maximum Gasteiger partial charge on any atom is 0.339 e. The Morgan fingerprint density at radius 3 is 2.43 bits per heavy atom. The van der Waals surface area contributed by atoms with Crippen molar-refractivity contribution in [3.05, 3.63) is 65.6 Å². The summed E-state index contributed by atoms with van der Waals surface area (Å²) >= 11 is 0. The van der Waals surface area contributed by atoms with Gasteiger partial charge in [0.15, 0.2) is 16.8 Å². The van der Waals surface area contributed by atoms with Gasteiger partial charge < -0.3 is 4.42 Å². The molecule has 0 aliphatic heterocycles. The summed E-state index contributed by atoms with van der Waals surface area (Å²) < 4.78 is 10.5. The van der Waals surface area contributed by atoms with E-state index in [0.29, 0.717) is 0 Å². The molecule has 3 nitrogen and oxygen atoms in total. The van der Waals surface area contributed by atoms with Gasteiger partial charge >= 0.3 is 5.71 Å². The first kappa shape index (κ1) is 12.2. The smallest absolute Gasteiger partial charge is 0.339 e. The van der Waals surface area contributed by atoms with Gasteiger partial charge in [0.25, 0.3) is 5.82 Å². The normalized spacial score (nSPS) is 11.6. The second kappa shape index (κ2) is 4.22. The minimum atomic E-state index is 0.914. The lowest BCUT2D eigenvalue weighted by Crippen LogP contribution is -2.22. The summed E-state index contributed by atoms with van der Waals surface area (Å²) in [5, 5.41) is 0. The Bertz CT molecular complexity index is 976. The van der Waals surface area contributed by atoms with Crippen LogP contribution >= 0.6 is 0 Å². The fourth-order valence-electron chi connectivity index (χ4n) is 3.15. The van der Waals surface area contributed by atoms with Gasteiger partial charge in [-0.2, -0.15) is 8.97 Å². The number of benzene rings is 2. The molecule has 4 aromatic rings. The van der Waals surface area contributed by atoms with Gasteiger partial charge in [0.1, 0.15) is 5.69 Å². The van der Waals surface area contributed by atoms with Crippen LogP contribution in [0.25, 0.3) is 22.5 Å². The summed E-state index contributed by atoms with van der Waals surface area (Å²) in [6.45, 7) is 6.38. The SMILES string of the molecule is Cc1ccccc1-n1c(C)c2oc3ccccc3[n+]2c1C. The van der Waals surface area contributed by atoms with Gasteiger partial charge in [0.2, 0.25) is 0 Å². The Kier molecular flexibility index (Phi) is 2.45. The number of rotatable bonds is 1. The molecule has 0 N–H and O–H groups in total. The van der Waals surface area contributed by atoms with Crippen LogP contribution in [0.2, 0.25) is 0 Å². The number of aryl methyl sites for hydroxylation is 3. The van der Waals surface area contributed by atoms with E-state index in [0.717, 1.165) is 28.3 Å². The quantitative estimate of drug-likeness (QED) is 0.484. The highest BCUT2D eigenvalue weighted by Gasteiger charge is 2.27. The monoisotopic (exact) mass is 277 g/mol. The summed E-state index contributed by atoms with van der Waals surface area (Å²) in [5.41, 5.74) is 6.53. The molecule has 0 fully saturated rings. The maximum atomic E-state index is 6.05. The number of hydrogen-bond acceptors (Lipinski definition) is 1. The molecule has 0 radical (unpaired) electrons. The van der Waals surface area contributed by atoms with E-state index in [4.69, 9.17) is 4.42 Å². The zero-order valence-corrected chi connectivity index (χ0v) is 12.4. The Hall–Kier alpha value is -2.55. The predicted molar refractivity (Wildman–Crippen MR) is 82.9 cm³/mol. The molecule has 4 rings (SSSR count). The molecule has 0 amide bonds. The zero-order valence-electron chi connectivity index (χ0n) is 12.4. The van der Waals surface area contributed by atoms with Gasteiger partial charge in [-0.15, -0.1) is 0 Å². The molecule has 3 heteroatoms. The molecular formula is C18H17N2O+. The molecule has 2 aromatic heterocycles. The largest absolute Gasteiger partial charge is 0.415 e. The van der Waals surface area contributed by atoms with Crippen LogP contribution < -0.4 is 4.40 Å². The van der Waals surface area contributed by atoms with Crippen molar-refractivity contribution in [2.24, 2.45) is 0 Å². The van der Waals surface area contributed by atoms with E-state index in [2.05, 4.69) is 60.1 Å². The van der Waals surface area contributed by atoms with E-state index in [-0.39, 0.29) is 0 Å². The predicted octanol–water partition coefficient (Wildman–Crippen LogP) is 3.89. The van der Waals surface area contributed by atoms with E-state index in [1.54, 1.807) is 0 Å². The standard InChI is InChI=1S/C18H17N2O/c1-12-8-4-5-9-15(12)19-13(2)18-20(14(19)3)16-10-6-7-11-17(16)21-18/h4-11H,1-3H3/q+1. The molecule has 0 spiro atoms. The van der Waals surface area contributed by atoms with Crippen molar-refractivity contribution in [3.63, 3.8) is 0 Å². The zero-order chi connectivity index (χ0) is 14.6. The fraction of sp³-hybridized carbons (Fsp3) is 0.167. The Morgan fingerprint density at radius 2 is 1.62 bits per heavy atom.